The number of carbonyl (C=O) groups is 1. The van der Waals surface area contributed by atoms with Crippen LogP contribution in [0.2, 0.25) is 0 Å². The van der Waals surface area contributed by atoms with Crippen molar-refractivity contribution < 1.29 is 4.79 Å². The number of nitrogens with zero attached hydrogens (tertiary/aromatic N) is 2. The van der Waals surface area contributed by atoms with E-state index in [4.69, 9.17) is 0 Å². The number of carbonyl (C=O) groups excluding carboxylic acids is 1. The van der Waals surface area contributed by atoms with Gasteiger partial charge in [0.25, 0.3) is 0 Å². The van der Waals surface area contributed by atoms with Gasteiger partial charge in [-0.25, -0.2) is 0 Å². The van der Waals surface area contributed by atoms with Crippen LogP contribution in [-0.4, -0.2) is 15.6 Å². The standard InChI is InChI=1S/C12H20N2O/c1-10(15)7-12(2,3)6-5-11-8-13-14(4)9-11/h8-9H,5-7H2,1-4H3. The molecule has 1 aromatic rings. The third-order valence-electron chi connectivity index (χ3n) is 2.58. The minimum Gasteiger partial charge on any atom is -0.300 e. The minimum atomic E-state index is 0.0989. The molecule has 0 aliphatic rings. The first-order valence-electron chi connectivity index (χ1n) is 5.36. The van der Waals surface area contributed by atoms with E-state index in [9.17, 15) is 4.79 Å². The minimum absolute atomic E-state index is 0.0989. The summed E-state index contributed by atoms with van der Waals surface area (Å²) in [6, 6.07) is 0. The van der Waals surface area contributed by atoms with Crippen LogP contribution >= 0.6 is 0 Å². The Labute approximate surface area is 91.5 Å². The fourth-order valence-electron chi connectivity index (χ4n) is 1.85. The number of aromatic nitrogens is 2. The summed E-state index contributed by atoms with van der Waals surface area (Å²) >= 11 is 0. The molecule has 0 spiro atoms. The lowest BCUT2D eigenvalue weighted by Crippen LogP contribution is -2.16. The molecule has 3 heteroatoms. The Balaban J connectivity index is 2.45. The lowest BCUT2D eigenvalue weighted by Gasteiger charge is -2.22. The zero-order chi connectivity index (χ0) is 11.5. The first-order valence-corrected chi connectivity index (χ1v) is 5.36. The second kappa shape index (κ2) is 4.60. The summed E-state index contributed by atoms with van der Waals surface area (Å²) in [7, 11) is 1.92. The lowest BCUT2D eigenvalue weighted by molar-refractivity contribution is -0.118. The molecule has 0 radical (unpaired) electrons. The number of hydrogen-bond donors (Lipinski definition) is 0. The molecule has 0 saturated carbocycles. The third kappa shape index (κ3) is 4.28. The van der Waals surface area contributed by atoms with Gasteiger partial charge in [-0.15, -0.1) is 0 Å². The quantitative estimate of drug-likeness (QED) is 0.744. The smallest absolute Gasteiger partial charge is 0.130 e. The van der Waals surface area contributed by atoms with Gasteiger partial charge in [0.1, 0.15) is 5.78 Å². The first-order chi connectivity index (χ1) is 6.89. The number of hydrogen-bond acceptors (Lipinski definition) is 2. The van der Waals surface area contributed by atoms with Gasteiger partial charge in [0, 0.05) is 19.7 Å². The fourth-order valence-corrected chi connectivity index (χ4v) is 1.85. The van der Waals surface area contributed by atoms with Crippen LogP contribution in [-0.2, 0) is 18.3 Å². The molecule has 0 aliphatic heterocycles. The SMILES string of the molecule is CC(=O)CC(C)(C)CCc1cnn(C)c1. The van der Waals surface area contributed by atoms with Crippen LogP contribution in [0.5, 0.6) is 0 Å². The third-order valence-corrected chi connectivity index (χ3v) is 2.58. The number of ketones is 1. The molecule has 1 rings (SSSR count). The molecule has 0 atom stereocenters. The van der Waals surface area contributed by atoms with Gasteiger partial charge >= 0.3 is 0 Å². The molecule has 0 aromatic carbocycles. The van der Waals surface area contributed by atoms with E-state index in [1.54, 1.807) is 6.92 Å². The van der Waals surface area contributed by atoms with Crippen LogP contribution in [0.1, 0.15) is 39.2 Å². The average Bonchev–Trinajstić information content (AvgIpc) is 2.46. The Kier molecular flexibility index (Phi) is 3.66. The van der Waals surface area contributed by atoms with Crippen LogP contribution in [0.25, 0.3) is 0 Å². The summed E-state index contributed by atoms with van der Waals surface area (Å²) < 4.78 is 1.81. The molecular formula is C12H20N2O. The van der Waals surface area contributed by atoms with E-state index in [0.29, 0.717) is 6.42 Å². The Morgan fingerprint density at radius 3 is 2.67 bits per heavy atom. The molecule has 0 saturated heterocycles. The highest BCUT2D eigenvalue weighted by atomic mass is 16.1. The zero-order valence-electron chi connectivity index (χ0n) is 10.1. The molecule has 1 aromatic heterocycles. The summed E-state index contributed by atoms with van der Waals surface area (Å²) in [5.74, 6) is 0.270. The molecule has 84 valence electrons. The molecule has 15 heavy (non-hydrogen) atoms. The van der Waals surface area contributed by atoms with Gasteiger partial charge in [-0.1, -0.05) is 13.8 Å². The highest BCUT2D eigenvalue weighted by Crippen LogP contribution is 2.27. The molecule has 3 nitrogen and oxygen atoms in total. The maximum absolute atomic E-state index is 11.1. The van der Waals surface area contributed by atoms with Crippen molar-refractivity contribution in [3.05, 3.63) is 18.0 Å². The Morgan fingerprint density at radius 2 is 2.20 bits per heavy atom. The Morgan fingerprint density at radius 1 is 1.53 bits per heavy atom. The van der Waals surface area contributed by atoms with Crippen LogP contribution in [0.3, 0.4) is 0 Å². The van der Waals surface area contributed by atoms with E-state index in [2.05, 4.69) is 18.9 Å². The summed E-state index contributed by atoms with van der Waals surface area (Å²) in [6.45, 7) is 5.95. The topological polar surface area (TPSA) is 34.9 Å². The number of aryl methyl sites for hydroxylation is 2. The average molecular weight is 208 g/mol. The van der Waals surface area contributed by atoms with Crippen molar-refractivity contribution in [1.82, 2.24) is 9.78 Å². The van der Waals surface area contributed by atoms with Crippen molar-refractivity contribution in [3.8, 4) is 0 Å². The lowest BCUT2D eigenvalue weighted by atomic mass is 9.82. The summed E-state index contributed by atoms with van der Waals surface area (Å²) in [4.78, 5) is 11.1. The maximum Gasteiger partial charge on any atom is 0.130 e. The van der Waals surface area contributed by atoms with Crippen molar-refractivity contribution in [1.29, 1.82) is 0 Å². The van der Waals surface area contributed by atoms with E-state index in [1.807, 2.05) is 24.1 Å². The van der Waals surface area contributed by atoms with E-state index in [-0.39, 0.29) is 11.2 Å². The van der Waals surface area contributed by atoms with Gasteiger partial charge in [0.2, 0.25) is 0 Å². The highest BCUT2D eigenvalue weighted by Gasteiger charge is 2.19. The van der Waals surface area contributed by atoms with Gasteiger partial charge in [-0.05, 0) is 30.7 Å². The van der Waals surface area contributed by atoms with Gasteiger partial charge in [0.15, 0.2) is 0 Å². The second-order valence-electron chi connectivity index (χ2n) is 5.07. The Bertz CT molecular complexity index is 339. The van der Waals surface area contributed by atoms with Crippen LogP contribution in [0, 0.1) is 5.41 Å². The Hall–Kier alpha value is -1.12. The number of rotatable bonds is 5. The van der Waals surface area contributed by atoms with E-state index < -0.39 is 0 Å². The predicted octanol–water partition coefficient (Wildman–Crippen LogP) is 2.36. The molecule has 0 bridgehead atoms. The molecule has 0 unspecified atom stereocenters. The summed E-state index contributed by atoms with van der Waals surface area (Å²) in [5.41, 5.74) is 1.34. The normalized spacial score (nSPS) is 11.7. The van der Waals surface area contributed by atoms with Crippen LogP contribution in [0.4, 0.5) is 0 Å². The van der Waals surface area contributed by atoms with E-state index in [1.165, 1.54) is 5.56 Å². The van der Waals surface area contributed by atoms with Crippen molar-refractivity contribution in [2.24, 2.45) is 12.5 Å². The molecule has 0 fully saturated rings. The van der Waals surface area contributed by atoms with E-state index in [0.717, 1.165) is 12.8 Å². The monoisotopic (exact) mass is 208 g/mol. The van der Waals surface area contributed by atoms with Gasteiger partial charge in [-0.2, -0.15) is 5.10 Å². The first kappa shape index (κ1) is 12.0. The van der Waals surface area contributed by atoms with Crippen molar-refractivity contribution >= 4 is 5.78 Å². The maximum atomic E-state index is 11.1. The highest BCUT2D eigenvalue weighted by molar-refractivity contribution is 5.76. The molecule has 0 N–H and O–H groups in total. The van der Waals surface area contributed by atoms with Crippen LogP contribution in [0.15, 0.2) is 12.4 Å². The van der Waals surface area contributed by atoms with Crippen molar-refractivity contribution in [2.75, 3.05) is 0 Å². The summed E-state index contributed by atoms with van der Waals surface area (Å²) in [6.07, 6.45) is 6.60. The molecule has 1 heterocycles. The zero-order valence-corrected chi connectivity index (χ0v) is 10.1. The van der Waals surface area contributed by atoms with Crippen molar-refractivity contribution in [3.63, 3.8) is 0 Å². The molecule has 0 amide bonds. The predicted molar refractivity (Wildman–Crippen MR) is 60.6 cm³/mol. The van der Waals surface area contributed by atoms with Gasteiger partial charge in [-0.3, -0.25) is 4.68 Å². The summed E-state index contributed by atoms with van der Waals surface area (Å²) in [5, 5.41) is 4.13. The molecule has 0 aliphatic carbocycles. The van der Waals surface area contributed by atoms with E-state index >= 15 is 0 Å². The molecular weight excluding hydrogens is 188 g/mol. The largest absolute Gasteiger partial charge is 0.300 e. The van der Waals surface area contributed by atoms with Gasteiger partial charge in [0.05, 0.1) is 6.20 Å². The van der Waals surface area contributed by atoms with Gasteiger partial charge < -0.3 is 4.79 Å². The fraction of sp³-hybridized carbons (Fsp3) is 0.667. The second-order valence-corrected chi connectivity index (χ2v) is 5.07. The van der Waals surface area contributed by atoms with Crippen LogP contribution < -0.4 is 0 Å². The van der Waals surface area contributed by atoms with Crippen molar-refractivity contribution in [2.45, 2.75) is 40.0 Å². The number of Topliss-reactive ketones (excluding diaryl/α,β-unsaturated/α-hetero) is 1.